The number of halogens is 3. The molecular formula is C23H28F3N3. The molecule has 1 aliphatic heterocycles. The fourth-order valence-electron chi connectivity index (χ4n) is 4.86. The maximum absolute atomic E-state index is 13.0. The van der Waals surface area contributed by atoms with Crippen LogP contribution in [0.15, 0.2) is 48.5 Å². The van der Waals surface area contributed by atoms with Crippen LogP contribution in [0.25, 0.3) is 0 Å². The Bertz CT molecular complexity index is 818. The van der Waals surface area contributed by atoms with Crippen LogP contribution in [-0.4, -0.2) is 42.7 Å². The van der Waals surface area contributed by atoms with Gasteiger partial charge < -0.3 is 10.6 Å². The third-order valence-electron chi connectivity index (χ3n) is 6.53. The summed E-state index contributed by atoms with van der Waals surface area (Å²) in [6.45, 7) is 6.53. The van der Waals surface area contributed by atoms with Crippen LogP contribution in [0, 0.1) is 0 Å². The van der Waals surface area contributed by atoms with Crippen LogP contribution in [0.2, 0.25) is 0 Å². The van der Waals surface area contributed by atoms with Crippen molar-refractivity contribution in [3.8, 4) is 0 Å². The summed E-state index contributed by atoms with van der Waals surface area (Å²) in [6, 6.07) is 14.4. The lowest BCUT2D eigenvalue weighted by atomic mass is 9.84. The fraction of sp³-hybridized carbons (Fsp3) is 0.478. The average Bonchev–Trinajstić information content (AvgIpc) is 3.13. The predicted molar refractivity (Wildman–Crippen MR) is 109 cm³/mol. The van der Waals surface area contributed by atoms with Crippen LogP contribution < -0.4 is 10.6 Å². The Morgan fingerprint density at radius 2 is 1.69 bits per heavy atom. The molecule has 3 nitrogen and oxygen atoms in total. The van der Waals surface area contributed by atoms with Gasteiger partial charge in [0.2, 0.25) is 0 Å². The molecule has 1 aliphatic carbocycles. The van der Waals surface area contributed by atoms with Gasteiger partial charge in [-0.2, -0.15) is 13.2 Å². The minimum Gasteiger partial charge on any atom is -0.314 e. The first-order chi connectivity index (χ1) is 13.9. The van der Waals surface area contributed by atoms with Crippen molar-refractivity contribution in [3.05, 3.63) is 70.8 Å². The number of piperazine rings is 1. The first-order valence-corrected chi connectivity index (χ1v) is 10.3. The molecule has 1 atom stereocenters. The number of alkyl halides is 3. The fourth-order valence-corrected chi connectivity index (χ4v) is 4.86. The zero-order chi connectivity index (χ0) is 20.5. The minimum atomic E-state index is -4.31. The van der Waals surface area contributed by atoms with Gasteiger partial charge in [0.15, 0.2) is 0 Å². The lowest BCUT2D eigenvalue weighted by molar-refractivity contribution is -0.137. The molecule has 1 heterocycles. The summed E-state index contributed by atoms with van der Waals surface area (Å²) in [5.41, 5.74) is 2.80. The third kappa shape index (κ3) is 4.20. The topological polar surface area (TPSA) is 27.3 Å². The smallest absolute Gasteiger partial charge is 0.314 e. The van der Waals surface area contributed by atoms with Gasteiger partial charge in [0.25, 0.3) is 0 Å². The monoisotopic (exact) mass is 403 g/mol. The molecule has 0 spiro atoms. The second kappa shape index (κ2) is 8.09. The molecule has 2 aliphatic rings. The Hall–Kier alpha value is -1.89. The molecule has 2 N–H and O–H groups in total. The zero-order valence-corrected chi connectivity index (χ0v) is 16.7. The van der Waals surface area contributed by atoms with Crippen molar-refractivity contribution in [3.63, 3.8) is 0 Å². The summed E-state index contributed by atoms with van der Waals surface area (Å²) in [5, 5.41) is 6.99. The molecule has 0 saturated carbocycles. The Morgan fingerprint density at radius 3 is 2.31 bits per heavy atom. The van der Waals surface area contributed by atoms with Crippen molar-refractivity contribution in [2.75, 3.05) is 26.2 Å². The van der Waals surface area contributed by atoms with E-state index in [0.29, 0.717) is 12.1 Å². The summed E-state index contributed by atoms with van der Waals surface area (Å²) in [4.78, 5) is 2.58. The highest BCUT2D eigenvalue weighted by Gasteiger charge is 2.46. The number of hydrogen-bond acceptors (Lipinski definition) is 3. The number of hydrogen-bond donors (Lipinski definition) is 2. The van der Waals surface area contributed by atoms with E-state index in [1.54, 1.807) is 6.07 Å². The zero-order valence-electron chi connectivity index (χ0n) is 16.7. The van der Waals surface area contributed by atoms with Crippen molar-refractivity contribution in [1.82, 2.24) is 15.5 Å². The third-order valence-corrected chi connectivity index (χ3v) is 6.53. The van der Waals surface area contributed by atoms with Crippen molar-refractivity contribution >= 4 is 0 Å². The van der Waals surface area contributed by atoms with Gasteiger partial charge in [-0.3, -0.25) is 4.90 Å². The highest BCUT2D eigenvalue weighted by molar-refractivity contribution is 5.38. The van der Waals surface area contributed by atoms with E-state index in [1.807, 2.05) is 0 Å². The molecule has 0 bridgehead atoms. The molecule has 0 radical (unpaired) electrons. The molecule has 0 aromatic heterocycles. The van der Waals surface area contributed by atoms with Gasteiger partial charge in [-0.15, -0.1) is 0 Å². The van der Waals surface area contributed by atoms with Crippen molar-refractivity contribution in [2.45, 2.75) is 44.1 Å². The Kier molecular flexibility index (Phi) is 5.69. The standard InChI is InChI=1S/C23H28F3N3/c1-17(28-16-18-5-4-8-21(13-18)23(24,25)26)22(29-11-9-27-10-12-29)14-19-6-2-3-7-20(19)15-22/h2-8,13,17,27-28H,9-12,14-16H2,1H3. The molecular weight excluding hydrogens is 375 g/mol. The molecule has 2 aromatic carbocycles. The molecule has 2 aromatic rings. The normalized spacial score (nSPS) is 20.4. The largest absolute Gasteiger partial charge is 0.416 e. The predicted octanol–water partition coefficient (Wildman–Crippen LogP) is 3.63. The number of rotatable bonds is 5. The summed E-state index contributed by atoms with van der Waals surface area (Å²) in [7, 11) is 0. The number of nitrogens with one attached hydrogen (secondary N) is 2. The van der Waals surface area contributed by atoms with Crippen LogP contribution in [-0.2, 0) is 25.6 Å². The van der Waals surface area contributed by atoms with Crippen molar-refractivity contribution in [1.29, 1.82) is 0 Å². The maximum atomic E-state index is 13.0. The maximum Gasteiger partial charge on any atom is 0.416 e. The molecule has 1 saturated heterocycles. The van der Waals surface area contributed by atoms with Gasteiger partial charge in [0.05, 0.1) is 5.56 Å². The Labute approximate surface area is 170 Å². The van der Waals surface area contributed by atoms with Crippen LogP contribution >= 0.6 is 0 Å². The van der Waals surface area contributed by atoms with E-state index in [0.717, 1.165) is 45.1 Å². The second-order valence-electron chi connectivity index (χ2n) is 8.26. The van der Waals surface area contributed by atoms with Gasteiger partial charge >= 0.3 is 6.18 Å². The van der Waals surface area contributed by atoms with E-state index in [4.69, 9.17) is 0 Å². The molecule has 1 unspecified atom stereocenters. The molecule has 29 heavy (non-hydrogen) atoms. The van der Waals surface area contributed by atoms with Gasteiger partial charge in [0.1, 0.15) is 0 Å². The van der Waals surface area contributed by atoms with E-state index in [9.17, 15) is 13.2 Å². The van der Waals surface area contributed by atoms with Crippen LogP contribution in [0.1, 0.15) is 29.2 Å². The Morgan fingerprint density at radius 1 is 1.03 bits per heavy atom. The van der Waals surface area contributed by atoms with Gasteiger partial charge in [0, 0.05) is 44.3 Å². The number of benzene rings is 2. The number of nitrogens with zero attached hydrogens (tertiary/aromatic N) is 1. The second-order valence-corrected chi connectivity index (χ2v) is 8.26. The summed E-state index contributed by atoms with van der Waals surface area (Å²) in [5.74, 6) is 0. The van der Waals surface area contributed by atoms with Gasteiger partial charge in [-0.25, -0.2) is 0 Å². The number of fused-ring (bicyclic) bond motifs is 1. The van der Waals surface area contributed by atoms with Crippen LogP contribution in [0.5, 0.6) is 0 Å². The highest BCUT2D eigenvalue weighted by Crippen LogP contribution is 2.38. The van der Waals surface area contributed by atoms with Crippen molar-refractivity contribution in [2.24, 2.45) is 0 Å². The van der Waals surface area contributed by atoms with E-state index >= 15 is 0 Å². The lowest BCUT2D eigenvalue weighted by Gasteiger charge is -2.48. The first kappa shape index (κ1) is 20.4. The SMILES string of the molecule is CC(NCc1cccc(C(F)(F)F)c1)C1(N2CCNCC2)Cc2ccccc2C1. The summed E-state index contributed by atoms with van der Waals surface area (Å²) < 4.78 is 39.1. The van der Waals surface area contributed by atoms with E-state index in [1.165, 1.54) is 23.3 Å². The van der Waals surface area contributed by atoms with Crippen LogP contribution in [0.4, 0.5) is 13.2 Å². The summed E-state index contributed by atoms with van der Waals surface area (Å²) >= 11 is 0. The van der Waals surface area contributed by atoms with Gasteiger partial charge in [-0.1, -0.05) is 42.5 Å². The first-order valence-electron chi connectivity index (χ1n) is 10.3. The average molecular weight is 403 g/mol. The van der Waals surface area contributed by atoms with Crippen LogP contribution in [0.3, 0.4) is 0 Å². The van der Waals surface area contributed by atoms with Crippen molar-refractivity contribution < 1.29 is 13.2 Å². The Balaban J connectivity index is 1.53. The quantitative estimate of drug-likeness (QED) is 0.799. The molecule has 0 amide bonds. The molecule has 4 rings (SSSR count). The van der Waals surface area contributed by atoms with E-state index in [2.05, 4.69) is 46.7 Å². The van der Waals surface area contributed by atoms with Gasteiger partial charge in [-0.05, 0) is 42.5 Å². The van der Waals surface area contributed by atoms with E-state index < -0.39 is 11.7 Å². The molecule has 1 fully saturated rings. The lowest BCUT2D eigenvalue weighted by Crippen LogP contribution is -2.64. The van der Waals surface area contributed by atoms with E-state index in [-0.39, 0.29) is 11.6 Å². The minimum absolute atomic E-state index is 0.0482. The highest BCUT2D eigenvalue weighted by atomic mass is 19.4. The molecule has 6 heteroatoms. The molecule has 156 valence electrons. The summed E-state index contributed by atoms with van der Waals surface area (Å²) in [6.07, 6.45) is -2.36.